The number of fused-ring (bicyclic) bond motifs is 1. The van der Waals surface area contributed by atoms with Crippen molar-refractivity contribution in [2.24, 2.45) is 5.73 Å². The normalized spacial score (nSPS) is 17.2. The second-order valence-corrected chi connectivity index (χ2v) is 5.25. The van der Waals surface area contributed by atoms with Gasteiger partial charge in [0, 0.05) is 30.5 Å². The van der Waals surface area contributed by atoms with E-state index in [9.17, 15) is 4.79 Å². The molecule has 2 atom stereocenters. The zero-order valence-electron chi connectivity index (χ0n) is 12.6. The van der Waals surface area contributed by atoms with Crippen molar-refractivity contribution >= 4 is 24.0 Å². The van der Waals surface area contributed by atoms with Crippen molar-refractivity contribution in [3.63, 3.8) is 0 Å². The summed E-state index contributed by atoms with van der Waals surface area (Å²) in [5.41, 5.74) is 7.40. The molecule has 1 aliphatic rings. The van der Waals surface area contributed by atoms with Crippen LogP contribution >= 0.6 is 12.4 Å². The van der Waals surface area contributed by atoms with Gasteiger partial charge in [0.05, 0.1) is 12.3 Å². The van der Waals surface area contributed by atoms with Gasteiger partial charge in [-0.15, -0.1) is 12.4 Å². The molecule has 0 saturated carbocycles. The number of hydrogen-bond donors (Lipinski definition) is 2. The predicted octanol–water partition coefficient (Wildman–Crippen LogP) is 2.51. The van der Waals surface area contributed by atoms with E-state index in [-0.39, 0.29) is 36.9 Å². The molecule has 0 radical (unpaired) electrons. The second-order valence-electron chi connectivity index (χ2n) is 5.25. The molecule has 118 valence electrons. The summed E-state index contributed by atoms with van der Waals surface area (Å²) < 4.78 is 11.3. The first kappa shape index (κ1) is 17.6. The number of amides is 1. The van der Waals surface area contributed by atoms with Crippen molar-refractivity contribution in [3.8, 4) is 11.5 Å². The summed E-state index contributed by atoms with van der Waals surface area (Å²) in [5.74, 6) is 1.38. The Bertz CT molecular complexity index is 506. The molecular weight excluding hydrogens is 292 g/mol. The number of nitrogens with two attached hydrogens (primary N) is 1. The van der Waals surface area contributed by atoms with E-state index in [1.54, 1.807) is 6.92 Å². The highest BCUT2D eigenvalue weighted by Crippen LogP contribution is 2.38. The molecule has 5 nitrogen and oxygen atoms in total. The Kier molecular flexibility index (Phi) is 6.30. The third-order valence-corrected chi connectivity index (χ3v) is 3.08. The maximum atomic E-state index is 11.9. The topological polar surface area (TPSA) is 73.6 Å². The molecule has 0 aromatic heterocycles. The lowest BCUT2D eigenvalue weighted by molar-refractivity contribution is -0.116. The first-order valence-electron chi connectivity index (χ1n) is 7.01. The van der Waals surface area contributed by atoms with Crippen molar-refractivity contribution in [3.05, 3.63) is 17.7 Å². The molecule has 1 heterocycles. The van der Waals surface area contributed by atoms with Gasteiger partial charge in [0.1, 0.15) is 17.6 Å². The van der Waals surface area contributed by atoms with Crippen molar-refractivity contribution < 1.29 is 14.3 Å². The van der Waals surface area contributed by atoms with Gasteiger partial charge in [-0.1, -0.05) is 0 Å². The van der Waals surface area contributed by atoms with Crippen LogP contribution in [0, 0.1) is 0 Å². The van der Waals surface area contributed by atoms with Crippen molar-refractivity contribution in [2.75, 3.05) is 11.9 Å². The average Bonchev–Trinajstić information content (AvgIpc) is 2.68. The first-order chi connectivity index (χ1) is 9.49. The zero-order chi connectivity index (χ0) is 14.7. The number of hydrogen-bond acceptors (Lipinski definition) is 4. The minimum atomic E-state index is -0.170. The molecule has 1 aliphatic heterocycles. The molecule has 0 fully saturated rings. The second kappa shape index (κ2) is 7.52. The molecule has 1 aromatic rings. The number of rotatable bonds is 5. The van der Waals surface area contributed by atoms with Gasteiger partial charge in [-0.3, -0.25) is 4.79 Å². The van der Waals surface area contributed by atoms with Gasteiger partial charge in [-0.05, 0) is 26.8 Å². The summed E-state index contributed by atoms with van der Waals surface area (Å²) in [7, 11) is 0. The molecule has 1 amide bonds. The molecular formula is C15H23ClN2O3. The summed E-state index contributed by atoms with van der Waals surface area (Å²) in [4.78, 5) is 11.9. The number of nitrogens with one attached hydrogen (secondary N) is 1. The number of carbonyl (C=O) groups excluding carboxylic acids is 1. The lowest BCUT2D eigenvalue weighted by atomic mass is 10.1. The quantitative estimate of drug-likeness (QED) is 0.876. The maximum Gasteiger partial charge on any atom is 0.226 e. The van der Waals surface area contributed by atoms with Gasteiger partial charge in [0.25, 0.3) is 0 Å². The van der Waals surface area contributed by atoms with Gasteiger partial charge in [-0.25, -0.2) is 0 Å². The van der Waals surface area contributed by atoms with Crippen LogP contribution in [0.5, 0.6) is 11.5 Å². The Morgan fingerprint density at radius 3 is 2.90 bits per heavy atom. The highest BCUT2D eigenvalue weighted by Gasteiger charge is 2.22. The van der Waals surface area contributed by atoms with E-state index in [1.807, 2.05) is 26.0 Å². The number of anilines is 1. The Morgan fingerprint density at radius 1 is 1.57 bits per heavy atom. The van der Waals surface area contributed by atoms with E-state index in [4.69, 9.17) is 15.2 Å². The van der Waals surface area contributed by atoms with E-state index in [2.05, 4.69) is 5.32 Å². The standard InChI is InChI=1S/C15H22N2O3.ClH/c1-4-19-14-7-11-6-10(3)20-13(11)8-12(14)17-15(18)5-9(2)16;/h7-10H,4-6,16H2,1-3H3,(H,17,18);1H. The van der Waals surface area contributed by atoms with Crippen molar-refractivity contribution in [1.82, 2.24) is 0 Å². The van der Waals surface area contributed by atoms with Crippen LogP contribution in [0.1, 0.15) is 32.8 Å². The molecule has 6 heteroatoms. The van der Waals surface area contributed by atoms with Crippen LogP contribution in [0.15, 0.2) is 12.1 Å². The van der Waals surface area contributed by atoms with Crippen LogP contribution in [-0.4, -0.2) is 24.7 Å². The molecule has 0 spiro atoms. The Balaban J connectivity index is 0.00000220. The molecule has 2 rings (SSSR count). The minimum Gasteiger partial charge on any atom is -0.492 e. The summed E-state index contributed by atoms with van der Waals surface area (Å²) in [6.07, 6.45) is 1.30. The zero-order valence-corrected chi connectivity index (χ0v) is 13.5. The minimum absolute atomic E-state index is 0. The number of carbonyl (C=O) groups is 1. The first-order valence-corrected chi connectivity index (χ1v) is 7.01. The fraction of sp³-hybridized carbons (Fsp3) is 0.533. The van der Waals surface area contributed by atoms with Gasteiger partial charge >= 0.3 is 0 Å². The number of halogens is 1. The lowest BCUT2D eigenvalue weighted by Gasteiger charge is -2.14. The van der Waals surface area contributed by atoms with Crippen LogP contribution in [0.2, 0.25) is 0 Å². The van der Waals surface area contributed by atoms with Crippen LogP contribution < -0.4 is 20.5 Å². The van der Waals surface area contributed by atoms with Crippen molar-refractivity contribution in [1.29, 1.82) is 0 Å². The Morgan fingerprint density at radius 2 is 2.29 bits per heavy atom. The fourth-order valence-corrected chi connectivity index (χ4v) is 2.31. The van der Waals surface area contributed by atoms with Crippen LogP contribution in [0.3, 0.4) is 0 Å². The Hall–Kier alpha value is -1.46. The summed E-state index contributed by atoms with van der Waals surface area (Å²) >= 11 is 0. The number of ether oxygens (including phenoxy) is 2. The van der Waals surface area contributed by atoms with Crippen LogP contribution in [0.25, 0.3) is 0 Å². The molecule has 0 saturated heterocycles. The highest BCUT2D eigenvalue weighted by atomic mass is 35.5. The average molecular weight is 315 g/mol. The van der Waals surface area contributed by atoms with Crippen LogP contribution in [-0.2, 0) is 11.2 Å². The van der Waals surface area contributed by atoms with Gasteiger partial charge < -0.3 is 20.5 Å². The predicted molar refractivity (Wildman–Crippen MR) is 85.5 cm³/mol. The third kappa shape index (κ3) is 4.51. The lowest BCUT2D eigenvalue weighted by Crippen LogP contribution is -2.24. The van der Waals surface area contributed by atoms with Gasteiger partial charge in [-0.2, -0.15) is 0 Å². The van der Waals surface area contributed by atoms with E-state index >= 15 is 0 Å². The molecule has 1 aromatic carbocycles. The number of benzene rings is 1. The maximum absolute atomic E-state index is 11.9. The van der Waals surface area contributed by atoms with Crippen LogP contribution in [0.4, 0.5) is 5.69 Å². The molecule has 0 bridgehead atoms. The highest BCUT2D eigenvalue weighted by molar-refractivity contribution is 5.93. The summed E-state index contributed by atoms with van der Waals surface area (Å²) in [6.45, 7) is 6.29. The van der Waals surface area contributed by atoms with E-state index in [0.29, 0.717) is 18.0 Å². The Labute approximate surface area is 131 Å². The largest absolute Gasteiger partial charge is 0.492 e. The summed E-state index contributed by atoms with van der Waals surface area (Å²) in [5, 5.41) is 2.85. The molecule has 2 unspecified atom stereocenters. The van der Waals surface area contributed by atoms with Gasteiger partial charge in [0.15, 0.2) is 0 Å². The van der Waals surface area contributed by atoms with Gasteiger partial charge in [0.2, 0.25) is 5.91 Å². The SMILES string of the molecule is CCOc1cc2c(cc1NC(=O)CC(C)N)OC(C)C2.Cl. The molecule has 3 N–H and O–H groups in total. The van der Waals surface area contributed by atoms with E-state index in [0.717, 1.165) is 17.7 Å². The van der Waals surface area contributed by atoms with Crippen molar-refractivity contribution in [2.45, 2.75) is 45.8 Å². The summed E-state index contributed by atoms with van der Waals surface area (Å²) in [6, 6.07) is 3.61. The third-order valence-electron chi connectivity index (χ3n) is 3.08. The van der Waals surface area contributed by atoms with E-state index < -0.39 is 0 Å². The monoisotopic (exact) mass is 314 g/mol. The van der Waals surface area contributed by atoms with E-state index in [1.165, 1.54) is 0 Å². The fourth-order valence-electron chi connectivity index (χ4n) is 2.31. The smallest absolute Gasteiger partial charge is 0.226 e. The molecule has 21 heavy (non-hydrogen) atoms. The molecule has 0 aliphatic carbocycles.